The predicted molar refractivity (Wildman–Crippen MR) is 107 cm³/mol. The molecule has 0 N–H and O–H groups in total. The molecule has 0 amide bonds. The molecule has 0 radical (unpaired) electrons. The molecule has 3 aromatic carbocycles. The Morgan fingerprint density at radius 1 is 0.800 bits per heavy atom. The summed E-state index contributed by atoms with van der Waals surface area (Å²) in [5.74, 6) is 0. The normalized spacial score (nSPS) is 12.5. The Morgan fingerprint density at radius 3 is 2.36 bits per heavy atom. The highest BCUT2D eigenvalue weighted by Gasteiger charge is 2.19. The SMILES string of the molecule is [2H]c1c([2H])[n+](C)c(-c2cc(C)cc(C)c2C)c2ccc3cc(C)ccc3c12. The highest BCUT2D eigenvalue weighted by atomic mass is 14.9. The monoisotopic (exact) mass is 328 g/mol. The lowest BCUT2D eigenvalue weighted by atomic mass is 9.93. The molecule has 1 heterocycles. The van der Waals surface area contributed by atoms with Crippen LogP contribution < -0.4 is 4.57 Å². The van der Waals surface area contributed by atoms with Crippen LogP contribution in [0.25, 0.3) is 32.8 Å². The molecule has 25 heavy (non-hydrogen) atoms. The molecule has 4 rings (SSSR count). The van der Waals surface area contributed by atoms with Crippen molar-refractivity contribution in [3.8, 4) is 11.3 Å². The zero-order valence-electron chi connectivity index (χ0n) is 17.5. The number of aryl methyl sites for hydroxylation is 3. The highest BCUT2D eigenvalue weighted by Crippen LogP contribution is 2.33. The summed E-state index contributed by atoms with van der Waals surface area (Å²) in [5, 5.41) is 4.06. The molecule has 1 aromatic heterocycles. The molecule has 0 bridgehead atoms. The van der Waals surface area contributed by atoms with E-state index in [1.165, 1.54) is 22.3 Å². The van der Waals surface area contributed by atoms with E-state index in [0.717, 1.165) is 32.8 Å². The molecule has 4 aromatic rings. The predicted octanol–water partition coefficient (Wildman–Crippen LogP) is 5.72. The van der Waals surface area contributed by atoms with Gasteiger partial charge >= 0.3 is 0 Å². The lowest BCUT2D eigenvalue weighted by Gasteiger charge is -2.12. The first-order chi connectivity index (χ1) is 12.8. The van der Waals surface area contributed by atoms with Gasteiger partial charge in [-0.1, -0.05) is 41.5 Å². The molecule has 0 spiro atoms. The second-order valence-electron chi connectivity index (χ2n) is 7.11. The van der Waals surface area contributed by atoms with E-state index in [-0.39, 0.29) is 12.2 Å². The van der Waals surface area contributed by atoms with Gasteiger partial charge in [0.2, 0.25) is 5.69 Å². The molecule has 0 aliphatic heterocycles. The van der Waals surface area contributed by atoms with Gasteiger partial charge in [0.15, 0.2) is 6.17 Å². The van der Waals surface area contributed by atoms with E-state index < -0.39 is 0 Å². The van der Waals surface area contributed by atoms with Gasteiger partial charge in [0.25, 0.3) is 0 Å². The van der Waals surface area contributed by atoms with E-state index >= 15 is 0 Å². The number of fused-ring (bicyclic) bond motifs is 3. The van der Waals surface area contributed by atoms with E-state index in [4.69, 9.17) is 2.74 Å². The van der Waals surface area contributed by atoms with Crippen LogP contribution in [0.4, 0.5) is 0 Å². The first kappa shape index (κ1) is 13.6. The van der Waals surface area contributed by atoms with E-state index in [2.05, 4.69) is 70.2 Å². The Labute approximate surface area is 152 Å². The van der Waals surface area contributed by atoms with Crippen LogP contribution >= 0.6 is 0 Å². The van der Waals surface area contributed by atoms with Gasteiger partial charge in [-0.15, -0.1) is 0 Å². The Hall–Kier alpha value is -2.67. The molecule has 124 valence electrons. The molecule has 0 atom stereocenters. The number of benzene rings is 3. The number of nitrogens with zero attached hydrogens (tertiary/aromatic N) is 1. The third kappa shape index (κ3) is 2.51. The van der Waals surface area contributed by atoms with Crippen molar-refractivity contribution in [1.82, 2.24) is 0 Å². The van der Waals surface area contributed by atoms with Crippen molar-refractivity contribution in [1.29, 1.82) is 0 Å². The van der Waals surface area contributed by atoms with Crippen LogP contribution in [0.5, 0.6) is 0 Å². The Kier molecular flexibility index (Phi) is 3.10. The maximum Gasteiger partial charge on any atom is 0.220 e. The smallest absolute Gasteiger partial charge is 0.200 e. The zero-order chi connectivity index (χ0) is 19.5. The minimum atomic E-state index is 0.240. The van der Waals surface area contributed by atoms with Gasteiger partial charge in [-0.05, 0) is 61.7 Å². The largest absolute Gasteiger partial charge is 0.220 e. The standard InChI is InChI=1S/C24H24N/c1-15-6-8-20-19(13-15)7-9-22-21(20)10-11-25(5)24(22)23-14-16(2)12-17(3)18(23)4/h6-14H,1-5H3/q+1/i10D,11D. The lowest BCUT2D eigenvalue weighted by molar-refractivity contribution is -0.659. The fourth-order valence-electron chi connectivity index (χ4n) is 3.77. The van der Waals surface area contributed by atoms with Gasteiger partial charge < -0.3 is 0 Å². The average molecular weight is 328 g/mol. The van der Waals surface area contributed by atoms with Crippen LogP contribution in [0.2, 0.25) is 0 Å². The van der Waals surface area contributed by atoms with Crippen molar-refractivity contribution in [2.24, 2.45) is 7.05 Å². The number of aromatic nitrogens is 1. The van der Waals surface area contributed by atoms with E-state index in [0.29, 0.717) is 0 Å². The average Bonchev–Trinajstić information content (AvgIpc) is 2.63. The highest BCUT2D eigenvalue weighted by molar-refractivity contribution is 6.10. The van der Waals surface area contributed by atoms with Crippen molar-refractivity contribution in [3.05, 3.63) is 76.9 Å². The number of rotatable bonds is 1. The van der Waals surface area contributed by atoms with Crippen molar-refractivity contribution in [2.45, 2.75) is 27.7 Å². The van der Waals surface area contributed by atoms with Gasteiger partial charge in [-0.25, -0.2) is 4.57 Å². The topological polar surface area (TPSA) is 3.88 Å². The molecular formula is C24H24N+. The molecule has 0 aliphatic rings. The van der Waals surface area contributed by atoms with Crippen LogP contribution in [0.15, 0.2) is 54.7 Å². The van der Waals surface area contributed by atoms with Crippen LogP contribution in [0.1, 0.15) is 25.0 Å². The maximum absolute atomic E-state index is 8.65. The van der Waals surface area contributed by atoms with E-state index in [9.17, 15) is 0 Å². The van der Waals surface area contributed by atoms with Crippen LogP contribution in [-0.4, -0.2) is 0 Å². The fraction of sp³-hybridized carbons (Fsp3) is 0.208. The van der Waals surface area contributed by atoms with Gasteiger partial charge in [-0.2, -0.15) is 0 Å². The van der Waals surface area contributed by atoms with E-state index in [1.54, 1.807) is 0 Å². The molecule has 1 heteroatoms. The van der Waals surface area contributed by atoms with Crippen molar-refractivity contribution in [2.75, 3.05) is 0 Å². The Balaban J connectivity index is 2.25. The summed E-state index contributed by atoms with van der Waals surface area (Å²) in [5.41, 5.74) is 7.03. The minimum absolute atomic E-state index is 0.240. The van der Waals surface area contributed by atoms with Crippen LogP contribution in [0.3, 0.4) is 0 Å². The second-order valence-corrected chi connectivity index (χ2v) is 7.11. The number of hydrogen-bond acceptors (Lipinski definition) is 0. The first-order valence-corrected chi connectivity index (χ1v) is 8.70. The zero-order valence-corrected chi connectivity index (χ0v) is 15.5. The number of hydrogen-bond donors (Lipinski definition) is 0. The third-order valence-corrected chi connectivity index (χ3v) is 5.18. The maximum atomic E-state index is 8.65. The van der Waals surface area contributed by atoms with Gasteiger partial charge in [0.05, 0.1) is 12.3 Å². The molecule has 1 nitrogen and oxygen atoms in total. The second kappa shape index (κ2) is 5.70. The quantitative estimate of drug-likeness (QED) is 0.311. The third-order valence-electron chi connectivity index (χ3n) is 5.18. The van der Waals surface area contributed by atoms with Crippen molar-refractivity contribution < 1.29 is 7.31 Å². The summed E-state index contributed by atoms with van der Waals surface area (Å²) in [6.45, 7) is 8.46. The molecule has 0 unspecified atom stereocenters. The molecular weight excluding hydrogens is 302 g/mol. The fourth-order valence-corrected chi connectivity index (χ4v) is 3.77. The minimum Gasteiger partial charge on any atom is -0.200 e. The Morgan fingerprint density at radius 2 is 1.56 bits per heavy atom. The molecule has 0 aliphatic carbocycles. The van der Waals surface area contributed by atoms with Gasteiger partial charge in [-0.3, -0.25) is 0 Å². The van der Waals surface area contributed by atoms with Crippen LogP contribution in [-0.2, 0) is 7.05 Å². The lowest BCUT2D eigenvalue weighted by Crippen LogP contribution is -2.30. The van der Waals surface area contributed by atoms with E-state index in [1.807, 2.05) is 11.6 Å². The summed E-state index contributed by atoms with van der Waals surface area (Å²) in [6.07, 6.45) is 0.240. The summed E-state index contributed by atoms with van der Waals surface area (Å²) in [6, 6.07) is 15.2. The summed E-state index contributed by atoms with van der Waals surface area (Å²) in [7, 11) is 1.89. The molecule has 0 saturated heterocycles. The molecule has 0 fully saturated rings. The van der Waals surface area contributed by atoms with Crippen molar-refractivity contribution in [3.63, 3.8) is 0 Å². The molecule has 0 saturated carbocycles. The van der Waals surface area contributed by atoms with Gasteiger partial charge in [0, 0.05) is 11.4 Å². The summed E-state index contributed by atoms with van der Waals surface area (Å²) in [4.78, 5) is 0. The summed E-state index contributed by atoms with van der Waals surface area (Å²) < 4.78 is 19.1. The first-order valence-electron chi connectivity index (χ1n) is 9.70. The number of pyridine rings is 1. The van der Waals surface area contributed by atoms with Crippen molar-refractivity contribution >= 4 is 21.5 Å². The summed E-state index contributed by atoms with van der Waals surface area (Å²) >= 11 is 0. The van der Waals surface area contributed by atoms with Gasteiger partial charge in [0.1, 0.15) is 8.42 Å². The Bertz CT molecular complexity index is 1240. The van der Waals surface area contributed by atoms with Crippen LogP contribution in [0, 0.1) is 27.7 Å².